The summed E-state index contributed by atoms with van der Waals surface area (Å²) in [5.41, 5.74) is 3.29. The molecule has 0 radical (unpaired) electrons. The summed E-state index contributed by atoms with van der Waals surface area (Å²) in [5.74, 6) is -0.286. The monoisotopic (exact) mass is 398 g/mol. The highest BCUT2D eigenvalue weighted by atomic mass is 32.2. The number of aromatic nitrogens is 2. The lowest BCUT2D eigenvalue weighted by molar-refractivity contribution is -0.120. The van der Waals surface area contributed by atoms with Crippen molar-refractivity contribution in [3.63, 3.8) is 0 Å². The largest absolute Gasteiger partial charge is 0.325 e. The Balaban J connectivity index is 1.50. The summed E-state index contributed by atoms with van der Waals surface area (Å²) < 4.78 is 27.2. The van der Waals surface area contributed by atoms with E-state index in [-0.39, 0.29) is 5.91 Å². The van der Waals surface area contributed by atoms with E-state index in [4.69, 9.17) is 0 Å². The first-order valence-corrected chi connectivity index (χ1v) is 11.1. The molecule has 1 N–H and O–H groups in total. The van der Waals surface area contributed by atoms with E-state index in [1.54, 1.807) is 0 Å². The maximum atomic E-state index is 12.7. The molecule has 1 aromatic carbocycles. The van der Waals surface area contributed by atoms with Crippen molar-refractivity contribution in [2.24, 2.45) is 0 Å². The number of hydrogen-bond donors (Lipinski definition) is 1. The first-order chi connectivity index (χ1) is 13.4. The van der Waals surface area contributed by atoms with Crippen LogP contribution in [0.1, 0.15) is 19.3 Å². The molecule has 1 fully saturated rings. The van der Waals surface area contributed by atoms with Crippen LogP contribution in [0, 0.1) is 0 Å². The van der Waals surface area contributed by atoms with Gasteiger partial charge in [0.05, 0.1) is 11.9 Å². The van der Waals surface area contributed by atoms with Gasteiger partial charge in [0.2, 0.25) is 15.9 Å². The van der Waals surface area contributed by atoms with Crippen LogP contribution in [0.3, 0.4) is 0 Å². The number of benzene rings is 1. The van der Waals surface area contributed by atoms with Gasteiger partial charge in [0.25, 0.3) is 0 Å². The minimum Gasteiger partial charge on any atom is -0.325 e. The Labute approximate surface area is 164 Å². The summed E-state index contributed by atoms with van der Waals surface area (Å²) >= 11 is 0. The standard InChI is InChI=1S/C20H22N4O3S/c1-28(26,27)24-13-5-2-6-18(24)20(25)21-16-10-8-15(9-11-16)17-14-23-12-4-3-7-19(23)22-17/h3-4,7-12,14,18H,2,5-6,13H2,1H3,(H,21,25). The second-order valence-electron chi connectivity index (χ2n) is 7.04. The summed E-state index contributed by atoms with van der Waals surface area (Å²) in [7, 11) is -3.41. The Morgan fingerprint density at radius 3 is 2.64 bits per heavy atom. The van der Waals surface area contributed by atoms with E-state index in [1.807, 2.05) is 59.3 Å². The Kier molecular flexibility index (Phi) is 4.91. The third-order valence-electron chi connectivity index (χ3n) is 4.99. The van der Waals surface area contributed by atoms with Crippen LogP contribution in [-0.4, -0.2) is 46.9 Å². The predicted octanol–water partition coefficient (Wildman–Crippen LogP) is 2.75. The number of nitrogens with zero attached hydrogens (tertiary/aromatic N) is 3. The van der Waals surface area contributed by atoms with E-state index in [9.17, 15) is 13.2 Å². The molecule has 2 aromatic heterocycles. The van der Waals surface area contributed by atoms with Gasteiger partial charge in [-0.2, -0.15) is 4.31 Å². The van der Waals surface area contributed by atoms with Gasteiger partial charge >= 0.3 is 0 Å². The normalized spacial score (nSPS) is 18.2. The van der Waals surface area contributed by atoms with Gasteiger partial charge in [-0.3, -0.25) is 4.79 Å². The van der Waals surface area contributed by atoms with Gasteiger partial charge in [-0.15, -0.1) is 0 Å². The van der Waals surface area contributed by atoms with E-state index in [1.165, 1.54) is 4.31 Å². The molecule has 0 bridgehead atoms. The van der Waals surface area contributed by atoms with Gasteiger partial charge in [-0.05, 0) is 37.1 Å². The zero-order valence-corrected chi connectivity index (χ0v) is 16.4. The minimum atomic E-state index is -3.41. The number of nitrogens with one attached hydrogen (secondary N) is 1. The quantitative estimate of drug-likeness (QED) is 0.732. The number of piperidine rings is 1. The number of carbonyl (C=O) groups excluding carboxylic acids is 1. The highest BCUT2D eigenvalue weighted by Gasteiger charge is 2.34. The van der Waals surface area contributed by atoms with Crippen LogP contribution in [0.2, 0.25) is 0 Å². The maximum Gasteiger partial charge on any atom is 0.242 e. The number of anilines is 1. The molecule has 28 heavy (non-hydrogen) atoms. The second-order valence-corrected chi connectivity index (χ2v) is 8.98. The van der Waals surface area contributed by atoms with Crippen LogP contribution in [0.25, 0.3) is 16.9 Å². The number of fused-ring (bicyclic) bond motifs is 1. The molecule has 1 unspecified atom stereocenters. The summed E-state index contributed by atoms with van der Waals surface area (Å²) in [5, 5.41) is 2.85. The van der Waals surface area contributed by atoms with Crippen molar-refractivity contribution in [3.05, 3.63) is 54.9 Å². The number of carbonyl (C=O) groups is 1. The van der Waals surface area contributed by atoms with Gasteiger partial charge in [-0.25, -0.2) is 13.4 Å². The van der Waals surface area contributed by atoms with Gasteiger partial charge in [0.15, 0.2) is 0 Å². The fourth-order valence-corrected chi connectivity index (χ4v) is 4.71. The van der Waals surface area contributed by atoms with Crippen LogP contribution < -0.4 is 5.32 Å². The van der Waals surface area contributed by atoms with Crippen molar-refractivity contribution in [2.75, 3.05) is 18.1 Å². The van der Waals surface area contributed by atoms with Gasteiger partial charge < -0.3 is 9.72 Å². The van der Waals surface area contributed by atoms with Crippen LogP contribution in [0.5, 0.6) is 0 Å². The third-order valence-corrected chi connectivity index (χ3v) is 6.28. The number of amides is 1. The Morgan fingerprint density at radius 2 is 1.93 bits per heavy atom. The smallest absolute Gasteiger partial charge is 0.242 e. The minimum absolute atomic E-state index is 0.286. The Bertz CT molecular complexity index is 1070. The zero-order chi connectivity index (χ0) is 19.7. The SMILES string of the molecule is CS(=O)(=O)N1CCCCC1C(=O)Nc1ccc(-c2cn3ccccc3n2)cc1. The topological polar surface area (TPSA) is 83.8 Å². The highest BCUT2D eigenvalue weighted by Crippen LogP contribution is 2.24. The molecule has 1 amide bonds. The van der Waals surface area contributed by atoms with Crippen LogP contribution in [0.4, 0.5) is 5.69 Å². The lowest BCUT2D eigenvalue weighted by Gasteiger charge is -2.32. The summed E-state index contributed by atoms with van der Waals surface area (Å²) in [4.78, 5) is 17.3. The Hall–Kier alpha value is -2.71. The number of pyridine rings is 1. The predicted molar refractivity (Wildman–Crippen MR) is 108 cm³/mol. The molecule has 146 valence electrons. The number of rotatable bonds is 4. The molecule has 0 saturated carbocycles. The molecule has 1 aliphatic heterocycles. The second kappa shape index (κ2) is 7.37. The van der Waals surface area contributed by atoms with E-state index in [0.717, 1.165) is 36.0 Å². The molecule has 3 heterocycles. The summed E-state index contributed by atoms with van der Waals surface area (Å²) in [6.07, 6.45) is 7.22. The number of imidazole rings is 1. The van der Waals surface area contributed by atoms with Crippen molar-refractivity contribution < 1.29 is 13.2 Å². The van der Waals surface area contributed by atoms with Crippen LogP contribution in [-0.2, 0) is 14.8 Å². The van der Waals surface area contributed by atoms with Gasteiger partial charge in [0.1, 0.15) is 11.7 Å². The van der Waals surface area contributed by atoms with Crippen molar-refractivity contribution in [2.45, 2.75) is 25.3 Å². The lowest BCUT2D eigenvalue weighted by atomic mass is 10.0. The molecule has 7 nitrogen and oxygen atoms in total. The zero-order valence-electron chi connectivity index (χ0n) is 15.6. The van der Waals surface area contributed by atoms with Crippen molar-refractivity contribution in [1.29, 1.82) is 0 Å². The molecule has 8 heteroatoms. The number of hydrogen-bond acceptors (Lipinski definition) is 4. The van der Waals surface area contributed by atoms with Crippen molar-refractivity contribution in [1.82, 2.24) is 13.7 Å². The van der Waals surface area contributed by atoms with E-state index >= 15 is 0 Å². The molecule has 1 saturated heterocycles. The van der Waals surface area contributed by atoms with Crippen LogP contribution in [0.15, 0.2) is 54.9 Å². The average molecular weight is 398 g/mol. The lowest BCUT2D eigenvalue weighted by Crippen LogP contribution is -2.49. The van der Waals surface area contributed by atoms with Gasteiger partial charge in [0, 0.05) is 30.2 Å². The third kappa shape index (κ3) is 3.79. The van der Waals surface area contributed by atoms with Crippen molar-refractivity contribution in [3.8, 4) is 11.3 Å². The maximum absolute atomic E-state index is 12.7. The molecular formula is C20H22N4O3S. The fraction of sp³-hybridized carbons (Fsp3) is 0.300. The van der Waals surface area contributed by atoms with E-state index in [2.05, 4.69) is 10.3 Å². The molecule has 0 spiro atoms. The first-order valence-electron chi connectivity index (χ1n) is 9.24. The average Bonchev–Trinajstić information content (AvgIpc) is 3.12. The molecule has 3 aromatic rings. The van der Waals surface area contributed by atoms with E-state index < -0.39 is 16.1 Å². The van der Waals surface area contributed by atoms with Crippen LogP contribution >= 0.6 is 0 Å². The summed E-state index contributed by atoms with van der Waals surface area (Å²) in [6, 6.07) is 12.6. The summed E-state index contributed by atoms with van der Waals surface area (Å²) in [6.45, 7) is 0.393. The van der Waals surface area contributed by atoms with Gasteiger partial charge in [-0.1, -0.05) is 24.6 Å². The Morgan fingerprint density at radius 1 is 1.14 bits per heavy atom. The van der Waals surface area contributed by atoms with E-state index in [0.29, 0.717) is 18.7 Å². The molecule has 1 aliphatic rings. The van der Waals surface area contributed by atoms with Crippen molar-refractivity contribution >= 4 is 27.3 Å². The molecule has 1 atom stereocenters. The fourth-order valence-electron chi connectivity index (χ4n) is 3.59. The first kappa shape index (κ1) is 18.6. The molecule has 4 rings (SSSR count). The molecule has 0 aliphatic carbocycles. The highest BCUT2D eigenvalue weighted by molar-refractivity contribution is 7.88. The molecular weight excluding hydrogens is 376 g/mol. The number of sulfonamides is 1.